The number of anilines is 1. The zero-order valence-electron chi connectivity index (χ0n) is 17.7. The first-order chi connectivity index (χ1) is 15.6. The van der Waals surface area contributed by atoms with E-state index in [0.29, 0.717) is 23.0 Å². The highest BCUT2D eigenvalue weighted by molar-refractivity contribution is 5.95. The van der Waals surface area contributed by atoms with Crippen LogP contribution in [0.3, 0.4) is 0 Å². The zero-order chi connectivity index (χ0) is 22.3. The lowest BCUT2D eigenvalue weighted by molar-refractivity contribution is -0.131. The van der Waals surface area contributed by atoms with Crippen LogP contribution in [0.1, 0.15) is 43.6 Å². The summed E-state index contributed by atoms with van der Waals surface area (Å²) in [6.45, 7) is 0.154. The van der Waals surface area contributed by atoms with Crippen LogP contribution in [0.5, 0.6) is 0 Å². The van der Waals surface area contributed by atoms with Crippen molar-refractivity contribution in [1.29, 1.82) is 0 Å². The summed E-state index contributed by atoms with van der Waals surface area (Å²) < 4.78 is 5.86. The lowest BCUT2D eigenvalue weighted by atomic mass is 9.88. The zero-order valence-corrected chi connectivity index (χ0v) is 17.7. The Morgan fingerprint density at radius 3 is 2.56 bits per heavy atom. The van der Waals surface area contributed by atoms with Crippen molar-refractivity contribution < 1.29 is 19.1 Å². The molecule has 0 saturated heterocycles. The molecule has 1 heterocycles. The van der Waals surface area contributed by atoms with Crippen LogP contribution >= 0.6 is 0 Å². The van der Waals surface area contributed by atoms with E-state index in [1.807, 2.05) is 36.4 Å². The van der Waals surface area contributed by atoms with E-state index in [2.05, 4.69) is 10.2 Å². The van der Waals surface area contributed by atoms with Crippen LogP contribution in [0.15, 0.2) is 65.1 Å². The molecule has 0 bridgehead atoms. The summed E-state index contributed by atoms with van der Waals surface area (Å²) in [5.74, 6) is -0.282. The Kier molecular flexibility index (Phi) is 6.75. The summed E-state index contributed by atoms with van der Waals surface area (Å²) in [6.07, 6.45) is 7.57. The molecule has 4 rings (SSSR count). The number of hydrogen-bond donors (Lipinski definition) is 1. The van der Waals surface area contributed by atoms with Crippen LogP contribution in [-0.4, -0.2) is 27.2 Å². The second-order valence-corrected chi connectivity index (χ2v) is 7.89. The van der Waals surface area contributed by atoms with E-state index in [4.69, 9.17) is 9.52 Å². The van der Waals surface area contributed by atoms with Gasteiger partial charge in [-0.25, -0.2) is 4.79 Å². The van der Waals surface area contributed by atoms with Gasteiger partial charge in [0.15, 0.2) is 0 Å². The third kappa shape index (κ3) is 5.29. The quantitative estimate of drug-likeness (QED) is 0.532. The van der Waals surface area contributed by atoms with Gasteiger partial charge in [-0.15, -0.1) is 10.2 Å². The summed E-state index contributed by atoms with van der Waals surface area (Å²) in [4.78, 5) is 26.0. The lowest BCUT2D eigenvalue weighted by Gasteiger charge is -2.28. The molecule has 1 aliphatic carbocycles. The predicted molar refractivity (Wildman–Crippen MR) is 121 cm³/mol. The fourth-order valence-electron chi connectivity index (χ4n) is 3.98. The van der Waals surface area contributed by atoms with E-state index in [1.54, 1.807) is 23.1 Å². The molecule has 0 spiro atoms. The lowest BCUT2D eigenvalue weighted by Crippen LogP contribution is -2.36. The highest BCUT2D eigenvalue weighted by atomic mass is 16.4. The maximum atomic E-state index is 13.5. The number of hydrogen-bond acceptors (Lipinski definition) is 5. The second kappa shape index (κ2) is 10.0. The molecule has 2 aromatic carbocycles. The smallest absolute Gasteiger partial charge is 0.328 e. The van der Waals surface area contributed by atoms with Gasteiger partial charge in [-0.2, -0.15) is 0 Å². The van der Waals surface area contributed by atoms with Gasteiger partial charge < -0.3 is 14.4 Å². The molecule has 32 heavy (non-hydrogen) atoms. The maximum Gasteiger partial charge on any atom is 0.328 e. The van der Waals surface area contributed by atoms with Gasteiger partial charge in [-0.3, -0.25) is 4.79 Å². The van der Waals surface area contributed by atoms with E-state index in [-0.39, 0.29) is 18.4 Å². The minimum atomic E-state index is -1.02. The second-order valence-electron chi connectivity index (χ2n) is 7.89. The van der Waals surface area contributed by atoms with Crippen LogP contribution in [0.4, 0.5) is 5.69 Å². The molecule has 7 nitrogen and oxygen atoms in total. The van der Waals surface area contributed by atoms with E-state index in [1.165, 1.54) is 6.08 Å². The minimum absolute atomic E-state index is 0.0310. The Hall–Kier alpha value is -3.74. The summed E-state index contributed by atoms with van der Waals surface area (Å²) in [6, 6.07) is 16.7. The van der Waals surface area contributed by atoms with Gasteiger partial charge >= 0.3 is 5.97 Å². The number of carbonyl (C=O) groups is 2. The molecule has 3 aromatic rings. The van der Waals surface area contributed by atoms with E-state index in [9.17, 15) is 9.59 Å². The number of rotatable bonds is 7. The van der Waals surface area contributed by atoms with Crippen molar-refractivity contribution in [1.82, 2.24) is 10.2 Å². The van der Waals surface area contributed by atoms with Gasteiger partial charge in [0.2, 0.25) is 17.7 Å². The van der Waals surface area contributed by atoms with Crippen LogP contribution < -0.4 is 4.90 Å². The normalized spacial score (nSPS) is 14.5. The fourth-order valence-corrected chi connectivity index (χ4v) is 3.98. The molecule has 1 fully saturated rings. The number of aromatic nitrogens is 2. The SMILES string of the molecule is O=C(O)C=Cc1cccc(N(Cc2nnc(-c3ccccc3)o2)C(=O)C2CCCCC2)c1. The summed E-state index contributed by atoms with van der Waals surface area (Å²) in [5.41, 5.74) is 2.19. The summed E-state index contributed by atoms with van der Waals surface area (Å²) in [7, 11) is 0. The third-order valence-electron chi connectivity index (χ3n) is 5.60. The fraction of sp³-hybridized carbons (Fsp3) is 0.280. The minimum Gasteiger partial charge on any atom is -0.478 e. The first-order valence-corrected chi connectivity index (χ1v) is 10.8. The molecule has 1 N–H and O–H groups in total. The van der Waals surface area contributed by atoms with Crippen molar-refractivity contribution >= 4 is 23.6 Å². The van der Waals surface area contributed by atoms with Crippen molar-refractivity contribution in [3.8, 4) is 11.5 Å². The highest BCUT2D eigenvalue weighted by Crippen LogP contribution is 2.29. The van der Waals surface area contributed by atoms with Crippen molar-refractivity contribution in [2.45, 2.75) is 38.6 Å². The van der Waals surface area contributed by atoms with Gasteiger partial charge in [-0.1, -0.05) is 49.6 Å². The van der Waals surface area contributed by atoms with Gasteiger partial charge in [-0.05, 0) is 48.7 Å². The van der Waals surface area contributed by atoms with Gasteiger partial charge in [0.05, 0.1) is 0 Å². The molecule has 0 unspecified atom stereocenters. The average Bonchev–Trinajstić information content (AvgIpc) is 3.31. The predicted octanol–water partition coefficient (Wildman–Crippen LogP) is 4.95. The maximum absolute atomic E-state index is 13.5. The van der Waals surface area contributed by atoms with Crippen LogP contribution in [0, 0.1) is 5.92 Å². The number of nitrogens with zero attached hydrogens (tertiary/aromatic N) is 3. The molecular formula is C25H25N3O4. The topological polar surface area (TPSA) is 96.5 Å². The standard InChI is InChI=1S/C25H25N3O4/c29-23(30)15-14-18-8-7-13-21(16-18)28(25(31)20-11-5-2-6-12-20)17-22-26-27-24(32-22)19-9-3-1-4-10-19/h1,3-4,7-10,13-16,20H,2,5-6,11-12,17H2,(H,29,30). The van der Waals surface area contributed by atoms with Gasteiger partial charge in [0.25, 0.3) is 0 Å². The Morgan fingerprint density at radius 1 is 1.03 bits per heavy atom. The van der Waals surface area contributed by atoms with Crippen molar-refractivity contribution in [2.24, 2.45) is 5.92 Å². The van der Waals surface area contributed by atoms with Crippen LogP contribution in [0.2, 0.25) is 0 Å². The number of carboxylic acids is 1. The molecule has 164 valence electrons. The molecule has 0 aliphatic heterocycles. The monoisotopic (exact) mass is 431 g/mol. The number of benzene rings is 2. The average molecular weight is 431 g/mol. The molecule has 0 radical (unpaired) electrons. The van der Waals surface area contributed by atoms with E-state index >= 15 is 0 Å². The third-order valence-corrected chi connectivity index (χ3v) is 5.60. The van der Waals surface area contributed by atoms with Crippen LogP contribution in [-0.2, 0) is 16.1 Å². The van der Waals surface area contributed by atoms with Crippen molar-refractivity contribution in [3.63, 3.8) is 0 Å². The molecule has 1 amide bonds. The Balaban J connectivity index is 1.63. The van der Waals surface area contributed by atoms with Crippen molar-refractivity contribution in [3.05, 3.63) is 72.1 Å². The highest BCUT2D eigenvalue weighted by Gasteiger charge is 2.28. The number of carboxylic acid groups (broad SMARTS) is 1. The molecule has 1 saturated carbocycles. The Morgan fingerprint density at radius 2 is 1.81 bits per heavy atom. The van der Waals surface area contributed by atoms with E-state index in [0.717, 1.165) is 43.7 Å². The Bertz CT molecular complexity index is 1100. The molecule has 7 heteroatoms. The van der Waals surface area contributed by atoms with E-state index < -0.39 is 5.97 Å². The van der Waals surface area contributed by atoms with Gasteiger partial charge in [0, 0.05) is 23.2 Å². The Labute approximate surface area is 186 Å². The molecule has 1 aliphatic rings. The first-order valence-electron chi connectivity index (χ1n) is 10.8. The van der Waals surface area contributed by atoms with Gasteiger partial charge in [0.1, 0.15) is 6.54 Å². The molecular weight excluding hydrogens is 406 g/mol. The number of amides is 1. The largest absolute Gasteiger partial charge is 0.478 e. The summed E-state index contributed by atoms with van der Waals surface area (Å²) >= 11 is 0. The number of carbonyl (C=O) groups excluding carboxylic acids is 1. The first kappa shape index (κ1) is 21.5. The van der Waals surface area contributed by atoms with Crippen molar-refractivity contribution in [2.75, 3.05) is 4.90 Å². The van der Waals surface area contributed by atoms with Crippen LogP contribution in [0.25, 0.3) is 17.5 Å². The molecule has 0 atom stereocenters. The summed E-state index contributed by atoms with van der Waals surface area (Å²) in [5, 5.41) is 17.2. The number of aliphatic carboxylic acids is 1. The molecule has 1 aromatic heterocycles.